The standard InChI is InChI=1S/C18H24F3N4O6PS/c1-9(2)15(16(27)28)24-32(29,22-8-14(26)30-10(3)4)25-17-23-12-6-5-11(7-13(12)33-17)31-18(19,20)21/h5-7,9-10,15H,8H2,1-4H3,(H,27,28)(H3,22,23,24,25,29). The molecule has 0 spiro atoms. The number of thiazole rings is 1. The van der Waals surface area contributed by atoms with Crippen molar-refractivity contribution in [1.29, 1.82) is 0 Å². The van der Waals surface area contributed by atoms with Gasteiger partial charge in [-0.3, -0.25) is 19.2 Å². The Hall–Kier alpha value is -2.41. The molecule has 2 unspecified atom stereocenters. The number of aliphatic carboxylic acids is 1. The normalized spacial score (nSPS) is 14.8. The number of nitrogens with one attached hydrogen (secondary N) is 3. The fourth-order valence-electron chi connectivity index (χ4n) is 2.57. The van der Waals surface area contributed by atoms with E-state index in [0.717, 1.165) is 23.5 Å². The Bertz CT molecular complexity index is 1050. The summed E-state index contributed by atoms with van der Waals surface area (Å²) in [6.45, 7) is 5.95. The van der Waals surface area contributed by atoms with Crippen molar-refractivity contribution in [3.63, 3.8) is 0 Å². The number of carboxylic acid groups (broad SMARTS) is 1. The van der Waals surface area contributed by atoms with E-state index in [2.05, 4.69) is 25.0 Å². The molecule has 0 fully saturated rings. The molecule has 0 aliphatic carbocycles. The van der Waals surface area contributed by atoms with E-state index >= 15 is 0 Å². The van der Waals surface area contributed by atoms with Gasteiger partial charge in [-0.05, 0) is 31.9 Å². The van der Waals surface area contributed by atoms with Gasteiger partial charge in [0.1, 0.15) is 18.3 Å². The van der Waals surface area contributed by atoms with Crippen molar-refractivity contribution in [2.24, 2.45) is 5.92 Å². The molecule has 1 heterocycles. The van der Waals surface area contributed by atoms with E-state index in [1.165, 1.54) is 6.07 Å². The molecular formula is C18H24F3N4O6PS. The summed E-state index contributed by atoms with van der Waals surface area (Å²) >= 11 is 0.868. The van der Waals surface area contributed by atoms with E-state index in [4.69, 9.17) is 4.74 Å². The summed E-state index contributed by atoms with van der Waals surface area (Å²) in [5.74, 6) is -2.91. The molecule has 0 aliphatic rings. The predicted octanol–water partition coefficient (Wildman–Crippen LogP) is 3.95. The van der Waals surface area contributed by atoms with E-state index in [9.17, 15) is 32.4 Å². The highest BCUT2D eigenvalue weighted by Crippen LogP contribution is 2.41. The maximum atomic E-state index is 13.5. The molecule has 2 aromatic rings. The van der Waals surface area contributed by atoms with Crippen molar-refractivity contribution >= 4 is 46.2 Å². The number of ether oxygens (including phenoxy) is 2. The summed E-state index contributed by atoms with van der Waals surface area (Å²) in [6.07, 6.45) is -5.28. The van der Waals surface area contributed by atoms with Crippen LogP contribution < -0.4 is 20.0 Å². The predicted molar refractivity (Wildman–Crippen MR) is 116 cm³/mol. The molecule has 0 radical (unpaired) electrons. The van der Waals surface area contributed by atoms with Crippen LogP contribution in [0.5, 0.6) is 5.75 Å². The van der Waals surface area contributed by atoms with Crippen molar-refractivity contribution in [3.8, 4) is 5.75 Å². The summed E-state index contributed by atoms with van der Waals surface area (Å²) in [4.78, 5) is 27.7. The van der Waals surface area contributed by atoms with Crippen LogP contribution in [0.2, 0.25) is 0 Å². The second-order valence-electron chi connectivity index (χ2n) is 7.48. The number of rotatable bonds is 11. The maximum absolute atomic E-state index is 13.5. The Kier molecular flexibility index (Phi) is 8.69. The van der Waals surface area contributed by atoms with Crippen LogP contribution >= 0.6 is 18.9 Å². The number of alkyl halides is 3. The highest BCUT2D eigenvalue weighted by Gasteiger charge is 2.34. The number of esters is 1. The number of hydrogen-bond acceptors (Lipinski definition) is 7. The van der Waals surface area contributed by atoms with E-state index in [1.54, 1.807) is 27.7 Å². The van der Waals surface area contributed by atoms with Gasteiger partial charge in [-0.15, -0.1) is 13.2 Å². The van der Waals surface area contributed by atoms with Crippen LogP contribution in [0.3, 0.4) is 0 Å². The van der Waals surface area contributed by atoms with Gasteiger partial charge in [0.05, 0.1) is 16.3 Å². The summed E-state index contributed by atoms with van der Waals surface area (Å²) in [7, 11) is -4.00. The maximum Gasteiger partial charge on any atom is 0.573 e. The number of fused-ring (bicyclic) bond motifs is 1. The van der Waals surface area contributed by atoms with Gasteiger partial charge in [-0.2, -0.15) is 0 Å². The lowest BCUT2D eigenvalue weighted by Gasteiger charge is -2.26. The van der Waals surface area contributed by atoms with Gasteiger partial charge in [0.25, 0.3) is 0 Å². The molecule has 15 heteroatoms. The molecule has 2 rings (SSSR count). The molecule has 0 saturated heterocycles. The Morgan fingerprint density at radius 1 is 1.24 bits per heavy atom. The molecule has 4 N–H and O–H groups in total. The topological polar surface area (TPSA) is 139 Å². The smallest absolute Gasteiger partial charge is 0.480 e. The summed E-state index contributed by atoms with van der Waals surface area (Å²) in [6, 6.07) is 2.23. The monoisotopic (exact) mass is 512 g/mol. The average molecular weight is 512 g/mol. The van der Waals surface area contributed by atoms with Crippen LogP contribution in [0, 0.1) is 5.92 Å². The Morgan fingerprint density at radius 3 is 2.45 bits per heavy atom. The number of carbonyl (C=O) groups is 2. The van der Waals surface area contributed by atoms with E-state index in [0.29, 0.717) is 10.2 Å². The fraction of sp³-hybridized carbons (Fsp3) is 0.500. The second-order valence-corrected chi connectivity index (χ2v) is 10.5. The third-order valence-electron chi connectivity index (χ3n) is 3.91. The van der Waals surface area contributed by atoms with Crippen molar-refractivity contribution in [2.75, 3.05) is 11.6 Å². The lowest BCUT2D eigenvalue weighted by Crippen LogP contribution is -2.44. The van der Waals surface area contributed by atoms with Crippen LogP contribution in [0.25, 0.3) is 10.2 Å². The number of carbonyl (C=O) groups excluding carboxylic acids is 1. The average Bonchev–Trinajstić information content (AvgIpc) is 3.03. The lowest BCUT2D eigenvalue weighted by molar-refractivity contribution is -0.274. The molecule has 0 bridgehead atoms. The number of benzene rings is 1. The van der Waals surface area contributed by atoms with Crippen LogP contribution in [-0.2, 0) is 18.9 Å². The quantitative estimate of drug-likeness (QED) is 0.259. The highest BCUT2D eigenvalue weighted by atomic mass is 32.1. The van der Waals surface area contributed by atoms with Crippen molar-refractivity contribution in [2.45, 2.75) is 46.2 Å². The van der Waals surface area contributed by atoms with E-state index in [-0.39, 0.29) is 5.13 Å². The molecule has 1 aromatic carbocycles. The third kappa shape index (κ3) is 8.46. The third-order valence-corrected chi connectivity index (χ3v) is 6.77. The number of halogens is 3. The first-order chi connectivity index (χ1) is 15.2. The number of hydrogen-bond donors (Lipinski definition) is 4. The molecule has 1 aromatic heterocycles. The molecule has 0 aliphatic heterocycles. The summed E-state index contributed by atoms with van der Waals surface area (Å²) < 4.78 is 60.1. The van der Waals surface area contributed by atoms with Crippen molar-refractivity contribution in [1.82, 2.24) is 15.2 Å². The lowest BCUT2D eigenvalue weighted by atomic mass is 10.1. The zero-order chi connectivity index (χ0) is 25.0. The minimum atomic E-state index is -4.86. The molecule has 33 heavy (non-hydrogen) atoms. The molecule has 0 amide bonds. The summed E-state index contributed by atoms with van der Waals surface area (Å²) in [5.41, 5.74) is 0.293. The van der Waals surface area contributed by atoms with Crippen molar-refractivity contribution < 1.29 is 41.9 Å². The molecule has 2 atom stereocenters. The zero-order valence-electron chi connectivity index (χ0n) is 18.1. The first-order valence-corrected chi connectivity index (χ1v) is 12.2. The first-order valence-electron chi connectivity index (χ1n) is 9.67. The number of aromatic nitrogens is 1. The molecular weight excluding hydrogens is 488 g/mol. The van der Waals surface area contributed by atoms with Gasteiger partial charge in [-0.1, -0.05) is 25.2 Å². The van der Waals surface area contributed by atoms with Gasteiger partial charge in [0, 0.05) is 6.07 Å². The van der Waals surface area contributed by atoms with Crippen LogP contribution in [0.4, 0.5) is 18.3 Å². The van der Waals surface area contributed by atoms with Crippen LogP contribution in [0.15, 0.2) is 18.2 Å². The van der Waals surface area contributed by atoms with Gasteiger partial charge < -0.3 is 14.6 Å². The SMILES string of the molecule is CC(C)OC(=O)CNP(=O)(Nc1nc2ccc(OC(F)(F)F)cc2s1)NC(C(=O)O)C(C)C. The Labute approximate surface area is 191 Å². The highest BCUT2D eigenvalue weighted by molar-refractivity contribution is 7.62. The van der Waals surface area contributed by atoms with Crippen LogP contribution in [0.1, 0.15) is 27.7 Å². The largest absolute Gasteiger partial charge is 0.573 e. The zero-order valence-corrected chi connectivity index (χ0v) is 19.8. The van der Waals surface area contributed by atoms with Crippen LogP contribution in [-0.4, -0.2) is 47.1 Å². The minimum absolute atomic E-state index is 0.0163. The van der Waals surface area contributed by atoms with Gasteiger partial charge in [-0.25, -0.2) is 15.2 Å². The molecule has 10 nitrogen and oxygen atoms in total. The number of carboxylic acids is 1. The second kappa shape index (κ2) is 10.7. The molecule has 184 valence electrons. The van der Waals surface area contributed by atoms with Gasteiger partial charge >= 0.3 is 25.9 Å². The van der Waals surface area contributed by atoms with Gasteiger partial charge in [0.15, 0.2) is 5.13 Å². The minimum Gasteiger partial charge on any atom is -0.480 e. The summed E-state index contributed by atoms with van der Waals surface area (Å²) in [5, 5.41) is 17.0. The number of anilines is 1. The fourth-order valence-corrected chi connectivity index (χ4v) is 5.59. The first kappa shape index (κ1) is 26.8. The van der Waals surface area contributed by atoms with E-state index in [1.807, 2.05) is 0 Å². The Balaban J connectivity index is 2.30. The molecule has 0 saturated carbocycles. The number of nitrogens with zero attached hydrogens (tertiary/aromatic N) is 1. The van der Waals surface area contributed by atoms with E-state index < -0.39 is 56.3 Å². The van der Waals surface area contributed by atoms with Gasteiger partial charge in [0.2, 0.25) is 0 Å². The Morgan fingerprint density at radius 2 is 1.91 bits per heavy atom. The van der Waals surface area contributed by atoms with Crippen molar-refractivity contribution in [3.05, 3.63) is 18.2 Å².